The second kappa shape index (κ2) is 5.64. The number of amides is 1. The number of para-hydroxylation sites is 1. The zero-order chi connectivity index (χ0) is 15.0. The minimum Gasteiger partial charge on any atom is -0.354 e. The maximum absolute atomic E-state index is 13.8. The monoisotopic (exact) mass is 309 g/mol. The third-order valence-corrected chi connectivity index (χ3v) is 3.89. The predicted octanol–water partition coefficient (Wildman–Crippen LogP) is 3.00. The summed E-state index contributed by atoms with van der Waals surface area (Å²) in [7, 11) is 0. The van der Waals surface area contributed by atoms with Gasteiger partial charge in [-0.1, -0.05) is 6.07 Å². The van der Waals surface area contributed by atoms with E-state index in [0.29, 0.717) is 29.9 Å². The van der Waals surface area contributed by atoms with Crippen LogP contribution in [0.1, 0.15) is 31.0 Å². The number of carbonyl (C=O) groups is 1. The molecule has 1 atom stereocenters. The molecule has 0 saturated heterocycles. The van der Waals surface area contributed by atoms with Crippen molar-refractivity contribution < 1.29 is 9.18 Å². The van der Waals surface area contributed by atoms with Crippen molar-refractivity contribution in [3.8, 4) is 0 Å². The van der Waals surface area contributed by atoms with Crippen LogP contribution < -0.4 is 5.32 Å². The van der Waals surface area contributed by atoms with Crippen molar-refractivity contribution in [1.29, 1.82) is 0 Å². The van der Waals surface area contributed by atoms with Crippen LogP contribution in [0.4, 0.5) is 4.39 Å². The second-order valence-electron chi connectivity index (χ2n) is 5.41. The highest BCUT2D eigenvalue weighted by Crippen LogP contribution is 2.29. The number of nitrogens with zero attached hydrogens (tertiary/aromatic N) is 2. The lowest BCUT2D eigenvalue weighted by atomic mass is 10.3. The van der Waals surface area contributed by atoms with E-state index in [-0.39, 0.29) is 23.0 Å². The van der Waals surface area contributed by atoms with Gasteiger partial charge in [0.15, 0.2) is 5.82 Å². The Morgan fingerprint density at radius 1 is 1.57 bits per heavy atom. The number of halogens is 2. The van der Waals surface area contributed by atoms with Crippen molar-refractivity contribution in [3.63, 3.8) is 0 Å². The fourth-order valence-electron chi connectivity index (χ4n) is 2.45. The van der Waals surface area contributed by atoms with E-state index in [1.807, 2.05) is 10.6 Å². The minimum absolute atomic E-state index is 0.103. The van der Waals surface area contributed by atoms with Crippen molar-refractivity contribution >= 4 is 28.5 Å². The van der Waals surface area contributed by atoms with E-state index in [1.54, 1.807) is 13.0 Å². The van der Waals surface area contributed by atoms with Gasteiger partial charge in [-0.15, -0.1) is 11.6 Å². The molecule has 1 heterocycles. The van der Waals surface area contributed by atoms with Crippen molar-refractivity contribution in [1.82, 2.24) is 14.9 Å². The highest BCUT2D eigenvalue weighted by atomic mass is 35.5. The number of rotatable bonds is 5. The van der Waals surface area contributed by atoms with E-state index in [2.05, 4.69) is 10.3 Å². The van der Waals surface area contributed by atoms with Crippen LogP contribution in [-0.4, -0.2) is 22.0 Å². The molecule has 0 spiro atoms. The molecule has 1 saturated carbocycles. The standard InChI is InChI=1S/C15H17ClFN3O/c1-9(16)14-19-13-11(17)3-2-4-12(13)20(14)8-7-18-15(21)10-5-6-10/h2-4,9-10H,5-8H2,1H3,(H,18,21). The maximum atomic E-state index is 13.8. The van der Waals surface area contributed by atoms with Gasteiger partial charge >= 0.3 is 0 Å². The molecule has 0 bridgehead atoms. The second-order valence-corrected chi connectivity index (χ2v) is 6.07. The van der Waals surface area contributed by atoms with Gasteiger partial charge in [0.05, 0.1) is 10.9 Å². The van der Waals surface area contributed by atoms with Gasteiger partial charge in [-0.2, -0.15) is 0 Å². The molecule has 112 valence electrons. The van der Waals surface area contributed by atoms with Gasteiger partial charge in [0.25, 0.3) is 0 Å². The number of hydrogen-bond donors (Lipinski definition) is 1. The fraction of sp³-hybridized carbons (Fsp3) is 0.467. The summed E-state index contributed by atoms with van der Waals surface area (Å²) >= 11 is 6.14. The number of imidazole rings is 1. The summed E-state index contributed by atoms with van der Waals surface area (Å²) in [5.74, 6) is 0.559. The number of fused-ring (bicyclic) bond motifs is 1. The van der Waals surface area contributed by atoms with Crippen LogP contribution in [0.15, 0.2) is 18.2 Å². The molecular weight excluding hydrogens is 293 g/mol. The molecule has 6 heteroatoms. The van der Waals surface area contributed by atoms with E-state index in [0.717, 1.165) is 12.8 Å². The van der Waals surface area contributed by atoms with Gasteiger partial charge in [-0.05, 0) is 31.9 Å². The molecule has 0 aliphatic heterocycles. The predicted molar refractivity (Wildman–Crippen MR) is 79.7 cm³/mol. The number of carbonyl (C=O) groups excluding carboxylic acids is 1. The third-order valence-electron chi connectivity index (χ3n) is 3.70. The number of nitrogens with one attached hydrogen (secondary N) is 1. The van der Waals surface area contributed by atoms with Crippen molar-refractivity contribution in [2.75, 3.05) is 6.54 Å². The first-order chi connectivity index (χ1) is 10.1. The first-order valence-electron chi connectivity index (χ1n) is 7.14. The van der Waals surface area contributed by atoms with Gasteiger partial charge in [-0.25, -0.2) is 9.37 Å². The third kappa shape index (κ3) is 2.88. The van der Waals surface area contributed by atoms with Crippen LogP contribution in [0, 0.1) is 11.7 Å². The van der Waals surface area contributed by atoms with E-state index >= 15 is 0 Å². The van der Waals surface area contributed by atoms with E-state index < -0.39 is 0 Å². The molecule has 1 unspecified atom stereocenters. The normalized spacial score (nSPS) is 16.1. The Hall–Kier alpha value is -1.62. The lowest BCUT2D eigenvalue weighted by Gasteiger charge is -2.11. The largest absolute Gasteiger partial charge is 0.354 e. The van der Waals surface area contributed by atoms with Gasteiger partial charge in [0.2, 0.25) is 5.91 Å². The molecule has 1 aromatic heterocycles. The molecule has 1 amide bonds. The molecule has 2 aromatic rings. The maximum Gasteiger partial charge on any atom is 0.223 e. The van der Waals surface area contributed by atoms with E-state index in [9.17, 15) is 9.18 Å². The Bertz CT molecular complexity index is 679. The molecule has 0 radical (unpaired) electrons. The van der Waals surface area contributed by atoms with Crippen LogP contribution in [0.2, 0.25) is 0 Å². The molecule has 1 N–H and O–H groups in total. The average Bonchev–Trinajstić information content (AvgIpc) is 3.22. The molecule has 1 aliphatic carbocycles. The van der Waals surface area contributed by atoms with Gasteiger partial charge in [0.1, 0.15) is 11.3 Å². The molecule has 1 aromatic carbocycles. The topological polar surface area (TPSA) is 46.9 Å². The molecule has 1 aliphatic rings. The quantitative estimate of drug-likeness (QED) is 0.863. The lowest BCUT2D eigenvalue weighted by Crippen LogP contribution is -2.28. The van der Waals surface area contributed by atoms with Crippen LogP contribution in [0.25, 0.3) is 11.0 Å². The van der Waals surface area contributed by atoms with Crippen LogP contribution in [-0.2, 0) is 11.3 Å². The van der Waals surface area contributed by atoms with Crippen LogP contribution >= 0.6 is 11.6 Å². The minimum atomic E-state index is -0.355. The number of hydrogen-bond acceptors (Lipinski definition) is 2. The number of benzene rings is 1. The zero-order valence-electron chi connectivity index (χ0n) is 11.8. The van der Waals surface area contributed by atoms with Crippen LogP contribution in [0.3, 0.4) is 0 Å². The summed E-state index contributed by atoms with van der Waals surface area (Å²) in [6, 6.07) is 4.86. The van der Waals surface area contributed by atoms with E-state index in [1.165, 1.54) is 6.07 Å². The summed E-state index contributed by atoms with van der Waals surface area (Å²) in [5.41, 5.74) is 1.03. The first kappa shape index (κ1) is 14.3. The summed E-state index contributed by atoms with van der Waals surface area (Å²) in [5, 5.41) is 2.58. The SMILES string of the molecule is CC(Cl)c1nc2c(F)cccc2n1CCNC(=O)C1CC1. The Morgan fingerprint density at radius 3 is 3.00 bits per heavy atom. The lowest BCUT2D eigenvalue weighted by molar-refractivity contribution is -0.122. The summed E-state index contributed by atoms with van der Waals surface area (Å²) in [4.78, 5) is 15.9. The summed E-state index contributed by atoms with van der Waals surface area (Å²) in [6.45, 7) is 2.83. The Balaban J connectivity index is 1.83. The number of alkyl halides is 1. The highest BCUT2D eigenvalue weighted by Gasteiger charge is 2.29. The van der Waals surface area contributed by atoms with Gasteiger partial charge in [-0.3, -0.25) is 4.79 Å². The molecule has 21 heavy (non-hydrogen) atoms. The van der Waals surface area contributed by atoms with E-state index in [4.69, 9.17) is 11.6 Å². The molecule has 3 rings (SSSR count). The number of aromatic nitrogens is 2. The fourth-order valence-corrected chi connectivity index (χ4v) is 2.62. The van der Waals surface area contributed by atoms with Crippen molar-refractivity contribution in [3.05, 3.63) is 29.8 Å². The summed E-state index contributed by atoms with van der Waals surface area (Å²) in [6.07, 6.45) is 1.96. The average molecular weight is 310 g/mol. The Kier molecular flexibility index (Phi) is 3.85. The van der Waals surface area contributed by atoms with Gasteiger partial charge < -0.3 is 9.88 Å². The molecule has 4 nitrogen and oxygen atoms in total. The summed E-state index contributed by atoms with van der Waals surface area (Å²) < 4.78 is 15.7. The molecular formula is C15H17ClFN3O. The first-order valence-corrected chi connectivity index (χ1v) is 7.58. The van der Waals surface area contributed by atoms with Crippen molar-refractivity contribution in [2.24, 2.45) is 5.92 Å². The highest BCUT2D eigenvalue weighted by molar-refractivity contribution is 6.20. The zero-order valence-corrected chi connectivity index (χ0v) is 12.5. The van der Waals surface area contributed by atoms with Crippen LogP contribution in [0.5, 0.6) is 0 Å². The Morgan fingerprint density at radius 2 is 2.33 bits per heavy atom. The smallest absolute Gasteiger partial charge is 0.223 e. The Labute approximate surface area is 127 Å². The van der Waals surface area contributed by atoms with Gasteiger partial charge in [0, 0.05) is 19.0 Å². The molecule has 1 fully saturated rings. The van der Waals surface area contributed by atoms with Crippen molar-refractivity contribution in [2.45, 2.75) is 31.7 Å².